The molecule has 0 aliphatic carbocycles. The third kappa shape index (κ3) is 4.38. The standard InChI is InChI=1S/C28H28N6/c1-2-5-21(6-3-1)19-34-20-25(16-32-34)27-17-31-28-26(27)14-24(15-30-28)23-8-4-7-22(13-23)18-33-11-9-29-10-12-33/h1-8,13-17,20,29H,9-12,18-19H2,(H,30,31). The molecule has 0 radical (unpaired) electrons. The van der Waals surface area contributed by atoms with Crippen LogP contribution in [-0.4, -0.2) is 50.8 Å². The summed E-state index contributed by atoms with van der Waals surface area (Å²) in [6.45, 7) is 6.08. The molecule has 0 bridgehead atoms. The molecule has 1 aliphatic rings. The summed E-state index contributed by atoms with van der Waals surface area (Å²) in [6, 6.07) is 21.5. The molecule has 0 unspecified atom stereocenters. The first-order chi connectivity index (χ1) is 16.8. The fraction of sp³-hybridized carbons (Fsp3) is 0.214. The predicted octanol–water partition coefficient (Wildman–Crippen LogP) is 4.55. The summed E-state index contributed by atoms with van der Waals surface area (Å²) in [6.07, 6.45) is 8.04. The Balaban J connectivity index is 1.28. The molecule has 6 heteroatoms. The van der Waals surface area contributed by atoms with Crippen molar-refractivity contribution in [2.45, 2.75) is 13.1 Å². The van der Waals surface area contributed by atoms with E-state index < -0.39 is 0 Å². The lowest BCUT2D eigenvalue weighted by Crippen LogP contribution is -2.42. The van der Waals surface area contributed by atoms with Gasteiger partial charge in [-0.2, -0.15) is 5.10 Å². The minimum atomic E-state index is 0.757. The summed E-state index contributed by atoms with van der Waals surface area (Å²) in [5, 5.41) is 9.14. The van der Waals surface area contributed by atoms with Crippen LogP contribution in [0.15, 0.2) is 85.5 Å². The molecular weight excluding hydrogens is 420 g/mol. The lowest BCUT2D eigenvalue weighted by molar-refractivity contribution is 0.233. The van der Waals surface area contributed by atoms with Gasteiger partial charge in [0.1, 0.15) is 5.65 Å². The molecule has 34 heavy (non-hydrogen) atoms. The van der Waals surface area contributed by atoms with E-state index in [2.05, 4.69) is 81.1 Å². The van der Waals surface area contributed by atoms with Gasteiger partial charge in [0, 0.05) is 73.4 Å². The fourth-order valence-electron chi connectivity index (χ4n) is 4.74. The molecule has 4 heterocycles. The summed E-state index contributed by atoms with van der Waals surface area (Å²) in [7, 11) is 0. The predicted molar refractivity (Wildman–Crippen MR) is 136 cm³/mol. The van der Waals surface area contributed by atoms with Crippen LogP contribution in [0.25, 0.3) is 33.3 Å². The van der Waals surface area contributed by atoms with Crippen LogP contribution in [0, 0.1) is 0 Å². The lowest BCUT2D eigenvalue weighted by atomic mass is 10.0. The van der Waals surface area contributed by atoms with Gasteiger partial charge in [0.15, 0.2) is 0 Å². The molecule has 1 aliphatic heterocycles. The number of aromatic nitrogens is 4. The van der Waals surface area contributed by atoms with E-state index in [0.29, 0.717) is 0 Å². The summed E-state index contributed by atoms with van der Waals surface area (Å²) >= 11 is 0. The highest BCUT2D eigenvalue weighted by Crippen LogP contribution is 2.31. The van der Waals surface area contributed by atoms with Gasteiger partial charge >= 0.3 is 0 Å². The number of pyridine rings is 1. The molecule has 0 amide bonds. The zero-order valence-electron chi connectivity index (χ0n) is 19.1. The monoisotopic (exact) mass is 448 g/mol. The van der Waals surface area contributed by atoms with Crippen molar-refractivity contribution in [2.24, 2.45) is 0 Å². The van der Waals surface area contributed by atoms with Crippen molar-refractivity contribution in [3.8, 4) is 22.3 Å². The Morgan fingerprint density at radius 3 is 2.53 bits per heavy atom. The second kappa shape index (κ2) is 9.25. The van der Waals surface area contributed by atoms with Gasteiger partial charge in [0.05, 0.1) is 12.7 Å². The van der Waals surface area contributed by atoms with Crippen LogP contribution in [0.4, 0.5) is 0 Å². The summed E-state index contributed by atoms with van der Waals surface area (Å²) in [5.41, 5.74) is 8.03. The van der Waals surface area contributed by atoms with E-state index in [0.717, 1.165) is 67.0 Å². The van der Waals surface area contributed by atoms with Crippen LogP contribution >= 0.6 is 0 Å². The van der Waals surface area contributed by atoms with Crippen molar-refractivity contribution in [3.05, 3.63) is 96.6 Å². The van der Waals surface area contributed by atoms with E-state index in [9.17, 15) is 0 Å². The van der Waals surface area contributed by atoms with Gasteiger partial charge in [-0.25, -0.2) is 4.98 Å². The topological polar surface area (TPSA) is 61.8 Å². The summed E-state index contributed by atoms with van der Waals surface area (Å²) < 4.78 is 1.99. The molecule has 170 valence electrons. The van der Waals surface area contributed by atoms with E-state index in [4.69, 9.17) is 4.98 Å². The molecule has 5 aromatic rings. The average molecular weight is 449 g/mol. The van der Waals surface area contributed by atoms with Gasteiger partial charge in [0.25, 0.3) is 0 Å². The van der Waals surface area contributed by atoms with Crippen LogP contribution in [0.2, 0.25) is 0 Å². The van der Waals surface area contributed by atoms with Crippen molar-refractivity contribution >= 4 is 11.0 Å². The second-order valence-electron chi connectivity index (χ2n) is 8.96. The number of hydrogen-bond donors (Lipinski definition) is 2. The first-order valence-corrected chi connectivity index (χ1v) is 11.9. The second-order valence-corrected chi connectivity index (χ2v) is 8.96. The van der Waals surface area contributed by atoms with Crippen molar-refractivity contribution in [3.63, 3.8) is 0 Å². The minimum Gasteiger partial charge on any atom is -0.346 e. The number of nitrogens with one attached hydrogen (secondary N) is 2. The van der Waals surface area contributed by atoms with Gasteiger partial charge in [-0.05, 0) is 28.8 Å². The van der Waals surface area contributed by atoms with Crippen molar-refractivity contribution in [2.75, 3.05) is 26.2 Å². The van der Waals surface area contributed by atoms with E-state index in [1.54, 1.807) is 0 Å². The van der Waals surface area contributed by atoms with Gasteiger partial charge < -0.3 is 10.3 Å². The van der Waals surface area contributed by atoms with Gasteiger partial charge in [0.2, 0.25) is 0 Å². The summed E-state index contributed by atoms with van der Waals surface area (Å²) in [5.74, 6) is 0. The number of nitrogens with zero attached hydrogens (tertiary/aromatic N) is 4. The van der Waals surface area contributed by atoms with Crippen LogP contribution in [0.3, 0.4) is 0 Å². The Labute approximate surface area is 199 Å². The van der Waals surface area contributed by atoms with Gasteiger partial charge in [-0.3, -0.25) is 9.58 Å². The first kappa shape index (κ1) is 20.8. The van der Waals surface area contributed by atoms with Crippen LogP contribution in [0.1, 0.15) is 11.1 Å². The molecule has 0 spiro atoms. The Morgan fingerprint density at radius 2 is 1.65 bits per heavy atom. The molecule has 1 saturated heterocycles. The Hall–Kier alpha value is -3.74. The lowest BCUT2D eigenvalue weighted by Gasteiger charge is -2.27. The Bertz CT molecular complexity index is 1390. The number of fused-ring (bicyclic) bond motifs is 1. The third-order valence-corrected chi connectivity index (χ3v) is 6.54. The zero-order valence-corrected chi connectivity index (χ0v) is 19.1. The molecule has 2 N–H and O–H groups in total. The van der Waals surface area contributed by atoms with Crippen molar-refractivity contribution in [1.29, 1.82) is 0 Å². The quantitative estimate of drug-likeness (QED) is 0.400. The highest BCUT2D eigenvalue weighted by atomic mass is 15.3. The van der Waals surface area contributed by atoms with Crippen LogP contribution < -0.4 is 5.32 Å². The smallest absolute Gasteiger partial charge is 0.137 e. The minimum absolute atomic E-state index is 0.757. The molecule has 0 atom stereocenters. The molecule has 0 saturated carbocycles. The summed E-state index contributed by atoms with van der Waals surface area (Å²) in [4.78, 5) is 10.6. The van der Waals surface area contributed by atoms with E-state index >= 15 is 0 Å². The third-order valence-electron chi connectivity index (χ3n) is 6.54. The highest BCUT2D eigenvalue weighted by molar-refractivity contribution is 5.95. The largest absolute Gasteiger partial charge is 0.346 e. The number of benzene rings is 2. The number of hydrogen-bond acceptors (Lipinski definition) is 4. The number of H-pyrrole nitrogens is 1. The maximum atomic E-state index is 4.72. The molecule has 3 aromatic heterocycles. The normalized spacial score (nSPS) is 14.6. The van der Waals surface area contributed by atoms with E-state index in [-0.39, 0.29) is 0 Å². The molecule has 6 nitrogen and oxygen atoms in total. The van der Waals surface area contributed by atoms with Gasteiger partial charge in [-0.15, -0.1) is 0 Å². The van der Waals surface area contributed by atoms with Gasteiger partial charge in [-0.1, -0.05) is 48.5 Å². The maximum Gasteiger partial charge on any atom is 0.137 e. The zero-order chi connectivity index (χ0) is 22.7. The maximum absolute atomic E-state index is 4.72. The first-order valence-electron chi connectivity index (χ1n) is 11.9. The number of rotatable bonds is 6. The number of piperazine rings is 1. The Kier molecular flexibility index (Phi) is 5.67. The SMILES string of the molecule is c1ccc(Cn2cc(-c3c[nH]c4ncc(-c5cccc(CN6CCNCC6)c5)cc34)cn2)cc1. The fourth-order valence-corrected chi connectivity index (χ4v) is 4.74. The number of aromatic amines is 1. The van der Waals surface area contributed by atoms with Crippen LogP contribution in [0.5, 0.6) is 0 Å². The average Bonchev–Trinajstić information content (AvgIpc) is 3.52. The highest BCUT2D eigenvalue weighted by Gasteiger charge is 2.13. The van der Waals surface area contributed by atoms with Crippen molar-refractivity contribution < 1.29 is 0 Å². The molecular formula is C28H28N6. The van der Waals surface area contributed by atoms with Crippen LogP contribution in [-0.2, 0) is 13.1 Å². The molecule has 2 aromatic carbocycles. The molecule has 6 rings (SSSR count). The van der Waals surface area contributed by atoms with Crippen molar-refractivity contribution in [1.82, 2.24) is 30.0 Å². The molecule has 1 fully saturated rings. The van der Waals surface area contributed by atoms with E-state index in [1.807, 2.05) is 29.3 Å². The van der Waals surface area contributed by atoms with E-state index in [1.165, 1.54) is 16.7 Å². The Morgan fingerprint density at radius 1 is 0.794 bits per heavy atom.